The van der Waals surface area contributed by atoms with Gasteiger partial charge in [-0.25, -0.2) is 4.70 Å². The second kappa shape index (κ2) is 35.4. The molecule has 1 heterocycles. The summed E-state index contributed by atoms with van der Waals surface area (Å²) < 4.78 is 11.1. The average Bonchev–Trinajstić information content (AvgIpc) is 3.52. The monoisotopic (exact) mass is 841 g/mol. The van der Waals surface area contributed by atoms with Crippen molar-refractivity contribution in [2.45, 2.75) is 215 Å². The van der Waals surface area contributed by atoms with Crippen molar-refractivity contribution in [2.24, 2.45) is 0 Å². The van der Waals surface area contributed by atoms with Gasteiger partial charge >= 0.3 is 49.9 Å². The zero-order chi connectivity index (χ0) is 41.9. The standard InChI is InChI=1S/C49H76N2.2C2H5O.Ni/c1-5-9-13-15-16-17-18-19-20-21-22-23-24-25-26-27-29-33-47-46(32-12-8-4)48(44-38-34-42(35-39-44)30-11-7-3)51(50)49(47)45-40-36-43(37-41-45)31-28-14-10-6-2;2*1-2-3;/h29,33-41H,5-28,30-32H2,1-4H3;2*2H2,1H3;/q;2*-1;+2. The molecule has 0 saturated carbocycles. The van der Waals surface area contributed by atoms with Crippen molar-refractivity contribution >= 4 is 11.4 Å². The molecule has 3 rings (SSSR count). The Morgan fingerprint density at radius 3 is 1.33 bits per heavy atom. The molecule has 0 atom stereocenters. The van der Waals surface area contributed by atoms with Crippen molar-refractivity contribution < 1.29 is 27.5 Å². The van der Waals surface area contributed by atoms with E-state index in [1.165, 1.54) is 162 Å². The molecule has 0 spiro atoms. The van der Waals surface area contributed by atoms with Crippen molar-refractivity contribution in [3.05, 3.63) is 99.6 Å². The molecule has 4 nitrogen and oxygen atoms in total. The van der Waals surface area contributed by atoms with Gasteiger partial charge in [0.1, 0.15) is 0 Å². The van der Waals surface area contributed by atoms with Gasteiger partial charge in [0.15, 0.2) is 0 Å². The van der Waals surface area contributed by atoms with Crippen LogP contribution in [0.4, 0.5) is 0 Å². The summed E-state index contributed by atoms with van der Waals surface area (Å²) in [7, 11) is 0. The molecule has 0 aromatic heterocycles. The summed E-state index contributed by atoms with van der Waals surface area (Å²) in [5.74, 6) is 0. The van der Waals surface area contributed by atoms with Gasteiger partial charge in [0.25, 0.3) is 0 Å². The van der Waals surface area contributed by atoms with Crippen molar-refractivity contribution in [3.63, 3.8) is 0 Å². The van der Waals surface area contributed by atoms with E-state index in [1.54, 1.807) is 0 Å². The van der Waals surface area contributed by atoms with Crippen LogP contribution in [0.3, 0.4) is 0 Å². The third kappa shape index (κ3) is 21.8. The van der Waals surface area contributed by atoms with Crippen LogP contribution in [-0.2, 0) is 35.7 Å². The fourth-order valence-electron chi connectivity index (χ4n) is 7.72. The Kier molecular flexibility index (Phi) is 31.7. The number of rotatable bonds is 34. The molecule has 0 fully saturated rings. The Labute approximate surface area is 365 Å². The number of benzene rings is 2. The summed E-state index contributed by atoms with van der Waals surface area (Å²) >= 11 is 0.899. The predicted molar refractivity (Wildman–Crippen MR) is 248 cm³/mol. The SMILES string of the molecule is CCCCCCCCCCCCCCCCCC=CC1=C(c2ccc(CCCCCC)cc2)[N+](=[N-])C(c2ccc(CCCC)cc2)=C1CCCC.CC[O][Ni][O]CC. The number of hydrogen-bond donors (Lipinski definition) is 0. The molecule has 0 bridgehead atoms. The van der Waals surface area contributed by atoms with Gasteiger partial charge in [-0.1, -0.05) is 186 Å². The first-order valence-corrected chi connectivity index (χ1v) is 25.0. The van der Waals surface area contributed by atoms with Crippen LogP contribution < -0.4 is 0 Å². The maximum atomic E-state index is 12.0. The van der Waals surface area contributed by atoms with Crippen LogP contribution in [0.1, 0.15) is 224 Å². The molecule has 0 N–H and O–H groups in total. The first kappa shape index (κ1) is 51.8. The Balaban J connectivity index is 0.00000151. The molecular weight excluding hydrogens is 755 g/mol. The molecule has 1 aliphatic heterocycles. The molecule has 0 amide bonds. The number of aryl methyl sites for hydroxylation is 2. The van der Waals surface area contributed by atoms with Crippen LogP contribution in [0.15, 0.2) is 71.8 Å². The van der Waals surface area contributed by atoms with E-state index in [1.807, 2.05) is 13.8 Å². The first-order valence-electron chi connectivity index (χ1n) is 24.2. The summed E-state index contributed by atoms with van der Waals surface area (Å²) in [6.45, 7) is 14.4. The fourth-order valence-corrected chi connectivity index (χ4v) is 8.03. The topological polar surface area (TPSA) is 43.8 Å². The quantitative estimate of drug-likeness (QED) is 0.0400. The Morgan fingerprint density at radius 1 is 0.466 bits per heavy atom. The average molecular weight is 842 g/mol. The Hall–Kier alpha value is -2.33. The number of nitrogens with zero attached hydrogens (tertiary/aromatic N) is 2. The van der Waals surface area contributed by atoms with Crippen LogP contribution in [0.25, 0.3) is 16.9 Å². The van der Waals surface area contributed by atoms with Gasteiger partial charge in [-0.3, -0.25) is 0 Å². The van der Waals surface area contributed by atoms with E-state index in [4.69, 9.17) is 7.76 Å². The van der Waals surface area contributed by atoms with Crippen molar-refractivity contribution in [3.8, 4) is 0 Å². The van der Waals surface area contributed by atoms with Gasteiger partial charge in [-0.2, -0.15) is 0 Å². The summed E-state index contributed by atoms with van der Waals surface area (Å²) in [4.78, 5) is 0. The Bertz CT molecular complexity index is 1400. The summed E-state index contributed by atoms with van der Waals surface area (Å²) in [6.07, 6.45) is 39.8. The second-order valence-electron chi connectivity index (χ2n) is 16.3. The van der Waals surface area contributed by atoms with Crippen LogP contribution in [0.2, 0.25) is 0 Å². The molecule has 58 heavy (non-hydrogen) atoms. The molecule has 2 aromatic carbocycles. The van der Waals surface area contributed by atoms with Gasteiger partial charge in [0.2, 0.25) is 11.4 Å². The molecule has 1 aliphatic rings. The van der Waals surface area contributed by atoms with E-state index in [-0.39, 0.29) is 0 Å². The van der Waals surface area contributed by atoms with E-state index in [0.29, 0.717) is 13.2 Å². The van der Waals surface area contributed by atoms with Crippen LogP contribution in [-0.4, -0.2) is 17.9 Å². The van der Waals surface area contributed by atoms with Gasteiger partial charge in [-0.05, 0) is 86.8 Å². The molecule has 0 saturated heterocycles. The van der Waals surface area contributed by atoms with Gasteiger partial charge < -0.3 is 5.53 Å². The van der Waals surface area contributed by atoms with Crippen molar-refractivity contribution in [1.82, 2.24) is 0 Å². The van der Waals surface area contributed by atoms with Gasteiger partial charge in [0.05, 0.1) is 5.57 Å². The molecule has 2 aromatic rings. The number of allylic oxidation sites excluding steroid dienone is 4. The summed E-state index contributed by atoms with van der Waals surface area (Å²) in [6, 6.07) is 18.0. The van der Waals surface area contributed by atoms with Crippen molar-refractivity contribution in [2.75, 3.05) is 13.2 Å². The van der Waals surface area contributed by atoms with Crippen LogP contribution in [0.5, 0.6) is 0 Å². The minimum atomic E-state index is 0.708. The summed E-state index contributed by atoms with van der Waals surface area (Å²) in [5, 5.41) is 0. The normalized spacial score (nSPS) is 13.0. The zero-order valence-electron chi connectivity index (χ0n) is 38.3. The Morgan fingerprint density at radius 2 is 0.862 bits per heavy atom. The minimum absolute atomic E-state index is 0.708. The zero-order valence-corrected chi connectivity index (χ0v) is 39.3. The van der Waals surface area contributed by atoms with Crippen LogP contribution in [0, 0.1) is 0 Å². The molecular formula is C53H86N2NiO2. The molecule has 5 heteroatoms. The number of unbranched alkanes of at least 4 members (excludes halogenated alkanes) is 20. The second-order valence-corrected chi connectivity index (χ2v) is 17.0. The van der Waals surface area contributed by atoms with Crippen LogP contribution >= 0.6 is 0 Å². The third-order valence-corrected chi connectivity index (χ3v) is 12.0. The first-order chi connectivity index (χ1) is 28.6. The van der Waals surface area contributed by atoms with E-state index in [2.05, 4.69) is 88.4 Å². The predicted octanol–water partition coefficient (Wildman–Crippen LogP) is 17.3. The molecule has 330 valence electrons. The number of hydrogen-bond acceptors (Lipinski definition) is 2. The molecule has 0 radical (unpaired) electrons. The molecule has 0 unspecified atom stereocenters. The van der Waals surface area contributed by atoms with E-state index >= 15 is 0 Å². The summed E-state index contributed by atoms with van der Waals surface area (Å²) in [5.41, 5.74) is 21.4. The van der Waals surface area contributed by atoms with E-state index in [0.717, 1.165) is 76.1 Å². The maximum absolute atomic E-state index is 12.0. The van der Waals surface area contributed by atoms with Crippen molar-refractivity contribution in [1.29, 1.82) is 0 Å². The van der Waals surface area contributed by atoms with E-state index in [9.17, 15) is 5.53 Å². The van der Waals surface area contributed by atoms with Gasteiger partial charge in [0, 0.05) is 16.7 Å². The molecule has 0 aliphatic carbocycles. The van der Waals surface area contributed by atoms with Gasteiger partial charge in [-0.15, -0.1) is 0 Å². The fraction of sp³-hybridized carbons (Fsp3) is 0.660. The third-order valence-electron chi connectivity index (χ3n) is 11.2. The van der Waals surface area contributed by atoms with E-state index < -0.39 is 0 Å².